The summed E-state index contributed by atoms with van der Waals surface area (Å²) in [7, 11) is 0. The number of benzene rings is 3. The zero-order valence-electron chi connectivity index (χ0n) is 16.6. The highest BCUT2D eigenvalue weighted by Gasteiger charge is 2.35. The van der Waals surface area contributed by atoms with Crippen molar-refractivity contribution in [2.45, 2.75) is 13.1 Å². The number of para-hydroxylation sites is 1. The summed E-state index contributed by atoms with van der Waals surface area (Å²) in [5.74, 6) is -0.261. The predicted molar refractivity (Wildman–Crippen MR) is 131 cm³/mol. The van der Waals surface area contributed by atoms with Crippen molar-refractivity contribution < 1.29 is 14.3 Å². The Kier molecular flexibility index (Phi) is 6.47. The van der Waals surface area contributed by atoms with Gasteiger partial charge in [0.1, 0.15) is 11.9 Å². The van der Waals surface area contributed by atoms with E-state index >= 15 is 0 Å². The van der Waals surface area contributed by atoms with Crippen LogP contribution in [0.3, 0.4) is 0 Å². The van der Waals surface area contributed by atoms with Crippen LogP contribution in [-0.4, -0.2) is 23.4 Å². The van der Waals surface area contributed by atoms with Crippen LogP contribution in [0.5, 0.6) is 5.75 Å². The van der Waals surface area contributed by atoms with Gasteiger partial charge in [0.05, 0.1) is 17.7 Å². The molecule has 0 unspecified atom stereocenters. The molecule has 1 aliphatic heterocycles. The number of hydrogen-bond donors (Lipinski definition) is 2. The van der Waals surface area contributed by atoms with E-state index in [4.69, 9.17) is 4.74 Å². The summed E-state index contributed by atoms with van der Waals surface area (Å²) in [5, 5.41) is 4.72. The molecule has 2 amide bonds. The minimum atomic E-state index is -0.570. The molecule has 158 valence electrons. The molecule has 0 saturated heterocycles. The molecule has 0 spiro atoms. The molecule has 1 heterocycles. The molecule has 6 nitrogen and oxygen atoms in total. The topological polar surface area (TPSA) is 70.7 Å². The van der Waals surface area contributed by atoms with E-state index in [-0.39, 0.29) is 5.91 Å². The third kappa shape index (κ3) is 4.54. The van der Waals surface area contributed by atoms with Crippen molar-refractivity contribution in [1.29, 1.82) is 0 Å². The number of fused-ring (bicyclic) bond motifs is 1. The molecule has 8 heteroatoms. The number of nitrogens with one attached hydrogen (secondary N) is 2. The van der Waals surface area contributed by atoms with Crippen molar-refractivity contribution >= 4 is 56.0 Å². The lowest BCUT2D eigenvalue weighted by Crippen LogP contribution is -2.53. The molecular formula is C23H19BrIN3O3. The van der Waals surface area contributed by atoms with E-state index in [2.05, 4.69) is 49.3 Å². The van der Waals surface area contributed by atoms with E-state index in [9.17, 15) is 9.59 Å². The Labute approximate surface area is 202 Å². The fourth-order valence-corrected chi connectivity index (χ4v) is 4.34. The number of halogens is 2. The second kappa shape index (κ2) is 9.27. The van der Waals surface area contributed by atoms with Crippen molar-refractivity contribution in [3.63, 3.8) is 0 Å². The Balaban J connectivity index is 1.73. The lowest BCUT2D eigenvalue weighted by molar-refractivity contribution is 0.0489. The second-order valence-corrected chi connectivity index (χ2v) is 9.00. The summed E-state index contributed by atoms with van der Waals surface area (Å²) >= 11 is 5.64. The highest BCUT2D eigenvalue weighted by atomic mass is 127. The van der Waals surface area contributed by atoms with Gasteiger partial charge in [-0.05, 0) is 77.5 Å². The van der Waals surface area contributed by atoms with Gasteiger partial charge in [-0.3, -0.25) is 15.0 Å². The minimum absolute atomic E-state index is 0.304. The maximum absolute atomic E-state index is 13.4. The van der Waals surface area contributed by atoms with Gasteiger partial charge in [0.2, 0.25) is 0 Å². The Hall–Kier alpha value is -2.59. The minimum Gasteiger partial charge on any atom is -0.493 e. The molecule has 4 rings (SSSR count). The standard InChI is InChI=1S/C23H19BrIN3O3/c1-2-31-20-9-4-3-8-17(20)22(29)27-28-21(14-6-5-7-16(25)12-14)26-19-11-10-15(24)13-18(19)23(28)30/h3-13,21,26H,2H2,1H3,(H,27,29)/t21-/m1/s1. The van der Waals surface area contributed by atoms with E-state index in [1.54, 1.807) is 30.3 Å². The van der Waals surface area contributed by atoms with Gasteiger partial charge in [0, 0.05) is 13.7 Å². The first kappa shape index (κ1) is 21.6. The summed E-state index contributed by atoms with van der Waals surface area (Å²) in [4.78, 5) is 26.6. The first-order valence-electron chi connectivity index (χ1n) is 9.66. The van der Waals surface area contributed by atoms with Crippen molar-refractivity contribution in [2.24, 2.45) is 0 Å². The number of amides is 2. The molecule has 1 aliphatic rings. The van der Waals surface area contributed by atoms with Gasteiger partial charge in [0.15, 0.2) is 0 Å². The largest absolute Gasteiger partial charge is 0.493 e. The van der Waals surface area contributed by atoms with Crippen LogP contribution in [0.15, 0.2) is 71.2 Å². The molecule has 3 aromatic carbocycles. The van der Waals surface area contributed by atoms with Crippen LogP contribution in [0, 0.1) is 3.57 Å². The number of carbonyl (C=O) groups is 2. The molecule has 31 heavy (non-hydrogen) atoms. The lowest BCUT2D eigenvalue weighted by atomic mass is 10.0. The van der Waals surface area contributed by atoms with Crippen LogP contribution < -0.4 is 15.5 Å². The predicted octanol–water partition coefficient (Wildman–Crippen LogP) is 5.36. The number of nitrogens with zero attached hydrogens (tertiary/aromatic N) is 1. The quantitative estimate of drug-likeness (QED) is 0.392. The first-order valence-corrected chi connectivity index (χ1v) is 11.5. The third-order valence-electron chi connectivity index (χ3n) is 4.80. The van der Waals surface area contributed by atoms with Crippen molar-refractivity contribution in [2.75, 3.05) is 11.9 Å². The van der Waals surface area contributed by atoms with Crippen LogP contribution in [-0.2, 0) is 0 Å². The average molecular weight is 592 g/mol. The van der Waals surface area contributed by atoms with Crippen molar-refractivity contribution in [3.8, 4) is 5.75 Å². The smallest absolute Gasteiger partial charge is 0.276 e. The van der Waals surface area contributed by atoms with Crippen molar-refractivity contribution in [1.82, 2.24) is 10.4 Å². The lowest BCUT2D eigenvalue weighted by Gasteiger charge is -2.38. The average Bonchev–Trinajstić information content (AvgIpc) is 2.76. The first-order chi connectivity index (χ1) is 15.0. The van der Waals surface area contributed by atoms with E-state index in [1.807, 2.05) is 43.3 Å². The van der Waals surface area contributed by atoms with Gasteiger partial charge < -0.3 is 10.1 Å². The molecule has 2 N–H and O–H groups in total. The zero-order valence-corrected chi connectivity index (χ0v) is 20.3. The van der Waals surface area contributed by atoms with Gasteiger partial charge >= 0.3 is 0 Å². The fraction of sp³-hybridized carbons (Fsp3) is 0.130. The van der Waals surface area contributed by atoms with Crippen molar-refractivity contribution in [3.05, 3.63) is 91.5 Å². The van der Waals surface area contributed by atoms with Gasteiger partial charge in [-0.2, -0.15) is 0 Å². The number of anilines is 1. The normalized spacial score (nSPS) is 15.1. The summed E-state index contributed by atoms with van der Waals surface area (Å²) in [5.41, 5.74) is 5.18. The van der Waals surface area contributed by atoms with Gasteiger partial charge in [0.25, 0.3) is 11.8 Å². The van der Waals surface area contributed by atoms with Crippen LogP contribution in [0.2, 0.25) is 0 Å². The van der Waals surface area contributed by atoms with Crippen LogP contribution in [0.1, 0.15) is 39.4 Å². The zero-order chi connectivity index (χ0) is 22.0. The maximum atomic E-state index is 13.4. The molecule has 0 fully saturated rings. The summed E-state index contributed by atoms with van der Waals surface area (Å²) in [6.45, 7) is 2.29. The van der Waals surface area contributed by atoms with Crippen LogP contribution >= 0.6 is 38.5 Å². The molecule has 3 aromatic rings. The third-order valence-corrected chi connectivity index (χ3v) is 5.96. The molecule has 0 aliphatic carbocycles. The highest BCUT2D eigenvalue weighted by Crippen LogP contribution is 2.34. The molecular weight excluding hydrogens is 573 g/mol. The number of rotatable bonds is 5. The SMILES string of the molecule is CCOc1ccccc1C(=O)NN1C(=O)c2cc(Br)ccc2N[C@H]1c1cccc(I)c1. The van der Waals surface area contributed by atoms with E-state index in [0.717, 1.165) is 13.6 Å². The van der Waals surface area contributed by atoms with Gasteiger partial charge in [-0.15, -0.1) is 0 Å². The molecule has 0 radical (unpaired) electrons. The number of carbonyl (C=O) groups excluding carboxylic acids is 2. The monoisotopic (exact) mass is 591 g/mol. The Morgan fingerprint density at radius 1 is 1.16 bits per heavy atom. The number of hydrazine groups is 1. The highest BCUT2D eigenvalue weighted by molar-refractivity contribution is 14.1. The molecule has 0 bridgehead atoms. The van der Waals surface area contributed by atoms with Crippen LogP contribution in [0.4, 0.5) is 5.69 Å². The molecule has 1 atom stereocenters. The summed E-state index contributed by atoms with van der Waals surface area (Å²) in [6, 6.07) is 20.2. The van der Waals surface area contributed by atoms with E-state index in [1.165, 1.54) is 5.01 Å². The Morgan fingerprint density at radius 3 is 2.74 bits per heavy atom. The van der Waals surface area contributed by atoms with Crippen LogP contribution in [0.25, 0.3) is 0 Å². The van der Waals surface area contributed by atoms with E-state index in [0.29, 0.717) is 29.2 Å². The Morgan fingerprint density at radius 2 is 1.97 bits per heavy atom. The number of hydrogen-bond acceptors (Lipinski definition) is 4. The second-order valence-electron chi connectivity index (χ2n) is 6.84. The number of ether oxygens (including phenoxy) is 1. The van der Waals surface area contributed by atoms with Gasteiger partial charge in [-0.25, -0.2) is 5.01 Å². The fourth-order valence-electron chi connectivity index (χ4n) is 3.41. The van der Waals surface area contributed by atoms with Gasteiger partial charge in [-0.1, -0.05) is 40.2 Å². The molecule has 0 aromatic heterocycles. The Bertz CT molecular complexity index is 1150. The molecule has 0 saturated carbocycles. The summed E-state index contributed by atoms with van der Waals surface area (Å²) < 4.78 is 7.39. The summed E-state index contributed by atoms with van der Waals surface area (Å²) in [6.07, 6.45) is -0.570. The van der Waals surface area contributed by atoms with E-state index < -0.39 is 12.1 Å². The maximum Gasteiger partial charge on any atom is 0.276 e.